The third-order valence-corrected chi connectivity index (χ3v) is 3.85. The van der Waals surface area contributed by atoms with Crippen molar-refractivity contribution in [2.75, 3.05) is 10.6 Å². The van der Waals surface area contributed by atoms with Gasteiger partial charge in [0.05, 0.1) is 12.4 Å². The van der Waals surface area contributed by atoms with Crippen molar-refractivity contribution < 1.29 is 4.79 Å². The minimum absolute atomic E-state index is 0.261. The number of rotatable bonds is 6. The van der Waals surface area contributed by atoms with E-state index in [0.29, 0.717) is 12.4 Å². The molecule has 126 valence electrons. The van der Waals surface area contributed by atoms with E-state index in [1.54, 1.807) is 6.20 Å². The Balaban J connectivity index is 1.62. The van der Waals surface area contributed by atoms with E-state index in [-0.39, 0.29) is 11.6 Å². The lowest BCUT2D eigenvalue weighted by molar-refractivity contribution is 0.102. The molecule has 1 amide bonds. The summed E-state index contributed by atoms with van der Waals surface area (Å²) in [5, 5.41) is 6.08. The molecule has 1 heterocycles. The zero-order valence-corrected chi connectivity index (χ0v) is 14.1. The third-order valence-electron chi connectivity index (χ3n) is 3.85. The molecule has 5 nitrogen and oxygen atoms in total. The van der Waals surface area contributed by atoms with Crippen LogP contribution in [0.5, 0.6) is 0 Å². The number of carbonyl (C=O) groups excluding carboxylic acids is 1. The number of carbonyl (C=O) groups is 1. The lowest BCUT2D eigenvalue weighted by Gasteiger charge is -2.09. The highest BCUT2D eigenvalue weighted by molar-refractivity contribution is 6.03. The number of nitrogens with zero attached hydrogens (tertiary/aromatic N) is 2. The van der Waals surface area contributed by atoms with E-state index in [2.05, 4.69) is 27.5 Å². The number of nitrogens with one attached hydrogen (secondary N) is 2. The Kier molecular flexibility index (Phi) is 5.36. The molecule has 1 aromatic heterocycles. The summed E-state index contributed by atoms with van der Waals surface area (Å²) in [5.41, 5.74) is 3.34. The molecule has 0 atom stereocenters. The van der Waals surface area contributed by atoms with Crippen LogP contribution in [0.3, 0.4) is 0 Å². The van der Waals surface area contributed by atoms with Crippen molar-refractivity contribution in [3.8, 4) is 0 Å². The Bertz CT molecular complexity index is 832. The number of hydrogen-bond donors (Lipinski definition) is 2. The highest BCUT2D eigenvalue weighted by atomic mass is 16.1. The monoisotopic (exact) mass is 332 g/mol. The van der Waals surface area contributed by atoms with Gasteiger partial charge in [-0.15, -0.1) is 0 Å². The van der Waals surface area contributed by atoms with E-state index >= 15 is 0 Å². The van der Waals surface area contributed by atoms with E-state index in [1.807, 2.05) is 54.6 Å². The molecule has 25 heavy (non-hydrogen) atoms. The van der Waals surface area contributed by atoms with Crippen molar-refractivity contribution in [3.63, 3.8) is 0 Å². The van der Waals surface area contributed by atoms with E-state index in [1.165, 1.54) is 6.20 Å². The summed E-state index contributed by atoms with van der Waals surface area (Å²) in [7, 11) is 0. The molecule has 0 unspecified atom stereocenters. The maximum Gasteiger partial charge on any atom is 0.275 e. The number of hydrogen-bond acceptors (Lipinski definition) is 4. The topological polar surface area (TPSA) is 66.9 Å². The van der Waals surface area contributed by atoms with Crippen molar-refractivity contribution in [3.05, 3.63) is 83.8 Å². The van der Waals surface area contributed by atoms with Crippen LogP contribution in [0.1, 0.15) is 28.5 Å². The van der Waals surface area contributed by atoms with Gasteiger partial charge < -0.3 is 10.6 Å². The molecule has 0 aliphatic heterocycles. The van der Waals surface area contributed by atoms with Crippen LogP contribution < -0.4 is 10.6 Å². The first-order chi connectivity index (χ1) is 12.3. The molecule has 0 saturated heterocycles. The predicted octanol–water partition coefficient (Wildman–Crippen LogP) is 3.90. The number of anilines is 2. The van der Waals surface area contributed by atoms with Gasteiger partial charge in [-0.05, 0) is 23.6 Å². The molecule has 0 fully saturated rings. The maximum atomic E-state index is 12.3. The van der Waals surface area contributed by atoms with Crippen LogP contribution in [0, 0.1) is 0 Å². The fraction of sp³-hybridized carbons (Fsp3) is 0.150. The highest BCUT2D eigenvalue weighted by Gasteiger charge is 2.10. The van der Waals surface area contributed by atoms with Gasteiger partial charge in [-0.3, -0.25) is 4.79 Å². The fourth-order valence-corrected chi connectivity index (χ4v) is 2.46. The Hall–Kier alpha value is -3.21. The molecule has 0 saturated carbocycles. The molecule has 2 N–H and O–H groups in total. The summed E-state index contributed by atoms with van der Waals surface area (Å²) in [6.45, 7) is 2.71. The smallest absolute Gasteiger partial charge is 0.275 e. The van der Waals surface area contributed by atoms with Gasteiger partial charge in [0.25, 0.3) is 5.91 Å². The first-order valence-electron chi connectivity index (χ1n) is 8.25. The summed E-state index contributed by atoms with van der Waals surface area (Å²) in [4.78, 5) is 20.8. The zero-order chi connectivity index (χ0) is 17.5. The standard InChI is InChI=1S/C20H20N4O/c1-2-16-10-6-7-11-17(16)24-20(25)18-13-23-19(14-21-18)22-12-15-8-4-3-5-9-15/h3-11,13-14H,2,12H2,1H3,(H,22,23)(H,24,25). The van der Waals surface area contributed by atoms with Crippen LogP contribution in [-0.2, 0) is 13.0 Å². The molecule has 5 heteroatoms. The van der Waals surface area contributed by atoms with Gasteiger partial charge in [0.1, 0.15) is 11.5 Å². The number of para-hydroxylation sites is 1. The van der Waals surface area contributed by atoms with E-state index in [9.17, 15) is 4.79 Å². The zero-order valence-electron chi connectivity index (χ0n) is 14.1. The van der Waals surface area contributed by atoms with Crippen molar-refractivity contribution >= 4 is 17.4 Å². The summed E-state index contributed by atoms with van der Waals surface area (Å²) in [5.74, 6) is 0.373. The van der Waals surface area contributed by atoms with Crippen molar-refractivity contribution in [1.29, 1.82) is 0 Å². The van der Waals surface area contributed by atoms with E-state index in [0.717, 1.165) is 23.2 Å². The predicted molar refractivity (Wildman–Crippen MR) is 99.6 cm³/mol. The molecule has 2 aromatic carbocycles. The molecule has 0 radical (unpaired) electrons. The lowest BCUT2D eigenvalue weighted by atomic mass is 10.1. The van der Waals surface area contributed by atoms with Crippen LogP contribution in [-0.4, -0.2) is 15.9 Å². The molecule has 3 rings (SSSR count). The number of aryl methyl sites for hydroxylation is 1. The van der Waals surface area contributed by atoms with Gasteiger partial charge in [-0.25, -0.2) is 9.97 Å². The number of benzene rings is 2. The Morgan fingerprint density at radius 2 is 1.72 bits per heavy atom. The fourth-order valence-electron chi connectivity index (χ4n) is 2.46. The van der Waals surface area contributed by atoms with Crippen molar-refractivity contribution in [2.45, 2.75) is 19.9 Å². The average Bonchev–Trinajstić information content (AvgIpc) is 2.68. The van der Waals surface area contributed by atoms with E-state index in [4.69, 9.17) is 0 Å². The second-order valence-corrected chi connectivity index (χ2v) is 5.59. The first kappa shape index (κ1) is 16.6. The quantitative estimate of drug-likeness (QED) is 0.718. The summed E-state index contributed by atoms with van der Waals surface area (Å²) < 4.78 is 0. The summed E-state index contributed by atoms with van der Waals surface area (Å²) in [6.07, 6.45) is 3.91. The van der Waals surface area contributed by atoms with Crippen LogP contribution in [0.15, 0.2) is 67.0 Å². The van der Waals surface area contributed by atoms with Gasteiger partial charge in [-0.1, -0.05) is 55.5 Å². The van der Waals surface area contributed by atoms with Crippen LogP contribution >= 0.6 is 0 Å². The van der Waals surface area contributed by atoms with Gasteiger partial charge >= 0.3 is 0 Å². The normalized spacial score (nSPS) is 10.3. The summed E-state index contributed by atoms with van der Waals surface area (Å²) >= 11 is 0. The molecular weight excluding hydrogens is 312 g/mol. The highest BCUT2D eigenvalue weighted by Crippen LogP contribution is 2.16. The maximum absolute atomic E-state index is 12.3. The third kappa shape index (κ3) is 4.41. The van der Waals surface area contributed by atoms with Gasteiger partial charge in [0.2, 0.25) is 0 Å². The molecular formula is C20H20N4O. The Labute approximate surface area is 147 Å². The minimum Gasteiger partial charge on any atom is -0.365 e. The van der Waals surface area contributed by atoms with Gasteiger partial charge in [-0.2, -0.15) is 0 Å². The van der Waals surface area contributed by atoms with E-state index < -0.39 is 0 Å². The second kappa shape index (κ2) is 8.06. The van der Waals surface area contributed by atoms with Crippen molar-refractivity contribution in [1.82, 2.24) is 9.97 Å². The number of amides is 1. The lowest BCUT2D eigenvalue weighted by Crippen LogP contribution is -2.15. The largest absolute Gasteiger partial charge is 0.365 e. The molecule has 3 aromatic rings. The van der Waals surface area contributed by atoms with Crippen LogP contribution in [0.2, 0.25) is 0 Å². The van der Waals surface area contributed by atoms with Crippen molar-refractivity contribution in [2.24, 2.45) is 0 Å². The molecule has 0 bridgehead atoms. The molecule has 0 aliphatic rings. The number of aromatic nitrogens is 2. The van der Waals surface area contributed by atoms with Gasteiger partial charge in [0.15, 0.2) is 0 Å². The average molecular weight is 332 g/mol. The Morgan fingerprint density at radius 3 is 2.44 bits per heavy atom. The second-order valence-electron chi connectivity index (χ2n) is 5.59. The Morgan fingerprint density at radius 1 is 0.960 bits per heavy atom. The van der Waals surface area contributed by atoms with Crippen LogP contribution in [0.4, 0.5) is 11.5 Å². The van der Waals surface area contributed by atoms with Crippen LogP contribution in [0.25, 0.3) is 0 Å². The first-order valence-corrected chi connectivity index (χ1v) is 8.25. The van der Waals surface area contributed by atoms with Gasteiger partial charge in [0, 0.05) is 12.2 Å². The molecule has 0 aliphatic carbocycles. The SMILES string of the molecule is CCc1ccccc1NC(=O)c1cnc(NCc2ccccc2)cn1. The summed E-state index contributed by atoms with van der Waals surface area (Å²) in [6, 6.07) is 17.8. The molecule has 0 spiro atoms. The minimum atomic E-state index is -0.261.